The number of hydrogen-bond acceptors (Lipinski definition) is 3. The highest BCUT2D eigenvalue weighted by atomic mass is 35.5. The Morgan fingerprint density at radius 2 is 2.00 bits per heavy atom. The van der Waals surface area contributed by atoms with Gasteiger partial charge < -0.3 is 5.73 Å². The van der Waals surface area contributed by atoms with Crippen LogP contribution in [0.1, 0.15) is 0 Å². The topological polar surface area (TPSA) is 58.7 Å². The lowest BCUT2D eigenvalue weighted by atomic mass is 10.3. The van der Waals surface area contributed by atoms with Crippen LogP contribution in [0.25, 0.3) is 0 Å². The van der Waals surface area contributed by atoms with Crippen molar-refractivity contribution in [3.8, 4) is 0 Å². The summed E-state index contributed by atoms with van der Waals surface area (Å²) in [5, 5.41) is 5.77. The molecule has 0 saturated carbocycles. The zero-order valence-corrected chi connectivity index (χ0v) is 7.98. The molecule has 1 aliphatic heterocycles. The number of carbonyl (C=O) groups is 1. The minimum atomic E-state index is -0.634. The molecule has 14 heavy (non-hydrogen) atoms. The number of carbonyl (C=O) groups excluding carboxylic acids is 1. The van der Waals surface area contributed by atoms with Gasteiger partial charge in [-0.25, -0.2) is 0 Å². The van der Waals surface area contributed by atoms with Gasteiger partial charge in [0, 0.05) is 5.02 Å². The number of benzene rings is 1. The molecule has 0 spiro atoms. The van der Waals surface area contributed by atoms with Gasteiger partial charge in [-0.05, 0) is 24.3 Å². The third-order valence-corrected chi connectivity index (χ3v) is 2.16. The lowest BCUT2D eigenvalue weighted by Gasteiger charge is -2.12. The van der Waals surface area contributed by atoms with Crippen LogP contribution in [0, 0.1) is 0 Å². The van der Waals surface area contributed by atoms with Crippen LogP contribution in [0.2, 0.25) is 5.02 Å². The summed E-state index contributed by atoms with van der Waals surface area (Å²) in [5.74, 6) is -0.229. The molecule has 0 aromatic heterocycles. The van der Waals surface area contributed by atoms with Gasteiger partial charge in [0.25, 0.3) is 5.91 Å². The molecule has 2 rings (SSSR count). The summed E-state index contributed by atoms with van der Waals surface area (Å²) in [6.07, 6.45) is 1.41. The number of rotatable bonds is 1. The fraction of sp³-hybridized carbons (Fsp3) is 0.111. The quantitative estimate of drug-likeness (QED) is 0.750. The van der Waals surface area contributed by atoms with Gasteiger partial charge in [0.2, 0.25) is 0 Å². The molecule has 0 saturated heterocycles. The fourth-order valence-electron chi connectivity index (χ4n) is 1.18. The number of nitrogens with two attached hydrogens (primary N) is 1. The van der Waals surface area contributed by atoms with Gasteiger partial charge in [-0.1, -0.05) is 11.6 Å². The molecule has 1 amide bonds. The molecule has 1 aliphatic rings. The molecule has 1 unspecified atom stereocenters. The first-order valence-electron chi connectivity index (χ1n) is 4.08. The van der Waals surface area contributed by atoms with Crippen LogP contribution in [-0.2, 0) is 4.79 Å². The van der Waals surface area contributed by atoms with E-state index < -0.39 is 6.04 Å². The summed E-state index contributed by atoms with van der Waals surface area (Å²) in [6, 6.07) is 6.20. The van der Waals surface area contributed by atoms with Crippen LogP contribution >= 0.6 is 11.6 Å². The smallest absolute Gasteiger partial charge is 0.269 e. The largest absolute Gasteiger partial charge is 0.315 e. The average molecular weight is 210 g/mol. The maximum absolute atomic E-state index is 11.4. The van der Waals surface area contributed by atoms with E-state index in [0.29, 0.717) is 10.7 Å². The molecule has 4 nitrogen and oxygen atoms in total. The van der Waals surface area contributed by atoms with Gasteiger partial charge in [0.1, 0.15) is 6.04 Å². The summed E-state index contributed by atoms with van der Waals surface area (Å²) in [5.41, 5.74) is 6.14. The second kappa shape index (κ2) is 3.40. The molecular formula is C9H8ClN3O. The van der Waals surface area contributed by atoms with Gasteiger partial charge in [-0.15, -0.1) is 0 Å². The van der Waals surface area contributed by atoms with Crippen molar-refractivity contribution in [2.75, 3.05) is 5.01 Å². The van der Waals surface area contributed by atoms with E-state index in [-0.39, 0.29) is 5.91 Å². The van der Waals surface area contributed by atoms with Crippen molar-refractivity contribution in [3.63, 3.8) is 0 Å². The van der Waals surface area contributed by atoms with Crippen molar-refractivity contribution in [1.29, 1.82) is 0 Å². The standard InChI is InChI=1S/C9H8ClN3O/c10-6-1-3-7(4-2-6)13-9(14)8(11)5-12-13/h1-5,8H,11H2. The Bertz CT molecular complexity index is 388. The Morgan fingerprint density at radius 3 is 2.50 bits per heavy atom. The molecule has 0 fully saturated rings. The lowest BCUT2D eigenvalue weighted by molar-refractivity contribution is -0.117. The summed E-state index contributed by atoms with van der Waals surface area (Å²) in [6.45, 7) is 0. The Kier molecular flexibility index (Phi) is 2.23. The van der Waals surface area contributed by atoms with Crippen molar-refractivity contribution >= 4 is 29.4 Å². The maximum atomic E-state index is 11.4. The number of hydrazone groups is 1. The Balaban J connectivity index is 2.29. The summed E-state index contributed by atoms with van der Waals surface area (Å²) in [4.78, 5) is 11.4. The minimum absolute atomic E-state index is 0.229. The molecule has 72 valence electrons. The Morgan fingerprint density at radius 1 is 1.36 bits per heavy atom. The zero-order valence-electron chi connectivity index (χ0n) is 7.22. The van der Waals surface area contributed by atoms with Crippen LogP contribution in [0.3, 0.4) is 0 Å². The van der Waals surface area contributed by atoms with Crippen LogP contribution in [-0.4, -0.2) is 18.2 Å². The number of hydrogen-bond donors (Lipinski definition) is 1. The monoisotopic (exact) mass is 209 g/mol. The highest BCUT2D eigenvalue weighted by Gasteiger charge is 2.26. The SMILES string of the molecule is NC1C=NN(c2ccc(Cl)cc2)C1=O. The molecular weight excluding hydrogens is 202 g/mol. The molecule has 1 aromatic carbocycles. The third-order valence-electron chi connectivity index (χ3n) is 1.91. The highest BCUT2D eigenvalue weighted by molar-refractivity contribution is 6.30. The molecule has 1 atom stereocenters. The number of halogens is 1. The first kappa shape index (κ1) is 9.18. The molecule has 1 heterocycles. The third kappa shape index (κ3) is 1.49. The summed E-state index contributed by atoms with van der Waals surface area (Å²) < 4.78 is 0. The first-order chi connectivity index (χ1) is 6.68. The van der Waals surface area contributed by atoms with Gasteiger partial charge in [-0.2, -0.15) is 10.1 Å². The van der Waals surface area contributed by atoms with E-state index in [1.165, 1.54) is 11.2 Å². The van der Waals surface area contributed by atoms with E-state index in [2.05, 4.69) is 5.10 Å². The van der Waals surface area contributed by atoms with Crippen molar-refractivity contribution < 1.29 is 4.79 Å². The summed E-state index contributed by atoms with van der Waals surface area (Å²) >= 11 is 5.72. The van der Waals surface area contributed by atoms with E-state index in [1.807, 2.05) is 0 Å². The average Bonchev–Trinajstić information content (AvgIpc) is 2.50. The van der Waals surface area contributed by atoms with Crippen molar-refractivity contribution in [2.24, 2.45) is 10.8 Å². The predicted octanol–water partition coefficient (Wildman–Crippen LogP) is 1.000. The first-order valence-corrected chi connectivity index (χ1v) is 4.45. The van der Waals surface area contributed by atoms with E-state index in [0.717, 1.165) is 0 Å². The second-order valence-corrected chi connectivity index (χ2v) is 3.35. The van der Waals surface area contributed by atoms with Crippen LogP contribution < -0.4 is 10.7 Å². The molecule has 5 heteroatoms. The van der Waals surface area contributed by atoms with Crippen molar-refractivity contribution in [1.82, 2.24) is 0 Å². The predicted molar refractivity (Wildman–Crippen MR) is 55.4 cm³/mol. The van der Waals surface area contributed by atoms with Crippen molar-refractivity contribution in [2.45, 2.75) is 6.04 Å². The minimum Gasteiger partial charge on any atom is -0.315 e. The maximum Gasteiger partial charge on any atom is 0.269 e. The van der Waals surface area contributed by atoms with Gasteiger partial charge >= 0.3 is 0 Å². The van der Waals surface area contributed by atoms with Crippen molar-refractivity contribution in [3.05, 3.63) is 29.3 Å². The van der Waals surface area contributed by atoms with E-state index >= 15 is 0 Å². The van der Waals surface area contributed by atoms with Crippen LogP contribution in [0.4, 0.5) is 5.69 Å². The summed E-state index contributed by atoms with van der Waals surface area (Å²) in [7, 11) is 0. The van der Waals surface area contributed by atoms with E-state index in [9.17, 15) is 4.79 Å². The van der Waals surface area contributed by atoms with E-state index in [1.54, 1.807) is 24.3 Å². The number of amides is 1. The normalized spacial score (nSPS) is 20.6. The number of anilines is 1. The van der Waals surface area contributed by atoms with Crippen LogP contribution in [0.15, 0.2) is 29.4 Å². The molecule has 0 radical (unpaired) electrons. The second-order valence-electron chi connectivity index (χ2n) is 2.92. The highest BCUT2D eigenvalue weighted by Crippen LogP contribution is 2.20. The molecule has 2 N–H and O–H groups in total. The Hall–Kier alpha value is -1.39. The molecule has 1 aromatic rings. The lowest BCUT2D eigenvalue weighted by Crippen LogP contribution is -2.35. The molecule has 0 bridgehead atoms. The van der Waals surface area contributed by atoms with Gasteiger partial charge in [0.05, 0.1) is 11.9 Å². The van der Waals surface area contributed by atoms with E-state index in [4.69, 9.17) is 17.3 Å². The number of nitrogens with zero attached hydrogens (tertiary/aromatic N) is 2. The molecule has 0 aliphatic carbocycles. The Labute approximate surface area is 86.0 Å². The van der Waals surface area contributed by atoms with Gasteiger partial charge in [-0.3, -0.25) is 4.79 Å². The zero-order chi connectivity index (χ0) is 10.1. The fourth-order valence-corrected chi connectivity index (χ4v) is 1.30. The van der Waals surface area contributed by atoms with Gasteiger partial charge in [0.15, 0.2) is 0 Å². The van der Waals surface area contributed by atoms with Crippen LogP contribution in [0.5, 0.6) is 0 Å².